The van der Waals surface area contributed by atoms with E-state index in [1.807, 2.05) is 0 Å². The Kier molecular flexibility index (Phi) is 5.81. The summed E-state index contributed by atoms with van der Waals surface area (Å²) in [7, 11) is 0. The minimum absolute atomic E-state index is 0.0973. The van der Waals surface area contributed by atoms with Crippen molar-refractivity contribution in [3.05, 3.63) is 211 Å². The van der Waals surface area contributed by atoms with E-state index < -0.39 is 0 Å². The molecule has 3 aromatic heterocycles. The predicted molar refractivity (Wildman–Crippen MR) is 241 cm³/mol. The molecule has 0 aliphatic carbocycles. The lowest BCUT2D eigenvalue weighted by Crippen LogP contribution is -2.22. The van der Waals surface area contributed by atoms with Gasteiger partial charge >= 0.3 is 0 Å². The van der Waals surface area contributed by atoms with Crippen LogP contribution < -0.4 is 0 Å². The highest BCUT2D eigenvalue weighted by atomic mass is 15.1. The van der Waals surface area contributed by atoms with Crippen molar-refractivity contribution in [3.63, 3.8) is 0 Å². The molecule has 58 heavy (non-hydrogen) atoms. The Morgan fingerprint density at radius 2 is 0.724 bits per heavy atom. The zero-order chi connectivity index (χ0) is 37.6. The third-order valence-electron chi connectivity index (χ3n) is 13.2. The molecule has 9 aromatic carbocycles. The number of aromatic nitrogens is 3. The first kappa shape index (κ1) is 30.6. The summed E-state index contributed by atoms with van der Waals surface area (Å²) in [5, 5.41) is 7.69. The second kappa shape index (κ2) is 11.0. The summed E-state index contributed by atoms with van der Waals surface area (Å²) in [5.74, 6) is 0.0973. The minimum Gasteiger partial charge on any atom is -0.309 e. The maximum atomic E-state index is 2.57. The van der Waals surface area contributed by atoms with Crippen LogP contribution in [0.4, 0.5) is 0 Å². The van der Waals surface area contributed by atoms with Gasteiger partial charge < -0.3 is 13.7 Å². The normalized spacial score (nSPS) is 13.1. The molecule has 0 atom stereocenters. The molecule has 0 saturated heterocycles. The lowest BCUT2D eigenvalue weighted by Gasteiger charge is -2.35. The highest BCUT2D eigenvalue weighted by Crippen LogP contribution is 2.55. The van der Waals surface area contributed by atoms with Crippen molar-refractivity contribution in [2.75, 3.05) is 0 Å². The van der Waals surface area contributed by atoms with Crippen molar-refractivity contribution in [2.24, 2.45) is 0 Å². The molecule has 0 unspecified atom stereocenters. The Balaban J connectivity index is 1.15. The van der Waals surface area contributed by atoms with Crippen LogP contribution in [-0.2, 0) is 0 Å². The summed E-state index contributed by atoms with van der Waals surface area (Å²) in [6.45, 7) is 0. The van der Waals surface area contributed by atoms with Gasteiger partial charge in [0.05, 0.1) is 50.2 Å². The van der Waals surface area contributed by atoms with E-state index in [-0.39, 0.29) is 5.92 Å². The topological polar surface area (TPSA) is 14.8 Å². The van der Waals surface area contributed by atoms with Gasteiger partial charge in [-0.15, -0.1) is 0 Å². The van der Waals surface area contributed by atoms with Gasteiger partial charge in [0.2, 0.25) is 0 Å². The Hall–Kier alpha value is -7.62. The lowest BCUT2D eigenvalue weighted by atomic mass is 9.78. The summed E-state index contributed by atoms with van der Waals surface area (Å²) in [5.41, 5.74) is 20.1. The number of para-hydroxylation sites is 4. The van der Waals surface area contributed by atoms with Crippen LogP contribution in [0.2, 0.25) is 0 Å². The van der Waals surface area contributed by atoms with Gasteiger partial charge in [0.25, 0.3) is 0 Å². The molecule has 2 aliphatic rings. The number of fused-ring (bicyclic) bond motifs is 13. The fraction of sp³-hybridized carbons (Fsp3) is 0.0182. The minimum atomic E-state index is 0.0973. The van der Waals surface area contributed by atoms with E-state index in [0.29, 0.717) is 0 Å². The molecule has 0 radical (unpaired) electrons. The average molecular weight is 736 g/mol. The summed E-state index contributed by atoms with van der Waals surface area (Å²) in [4.78, 5) is 0. The molecule has 0 saturated carbocycles. The maximum absolute atomic E-state index is 2.57. The zero-order valence-corrected chi connectivity index (χ0v) is 31.4. The molecule has 268 valence electrons. The summed E-state index contributed by atoms with van der Waals surface area (Å²) < 4.78 is 7.67. The van der Waals surface area contributed by atoms with Gasteiger partial charge in [-0.05, 0) is 81.9 Å². The number of benzene rings is 9. The fourth-order valence-electron chi connectivity index (χ4n) is 10.9. The molecule has 0 spiro atoms. The van der Waals surface area contributed by atoms with E-state index in [2.05, 4.69) is 208 Å². The van der Waals surface area contributed by atoms with Crippen molar-refractivity contribution < 1.29 is 0 Å². The largest absolute Gasteiger partial charge is 0.309 e. The van der Waals surface area contributed by atoms with E-state index in [1.165, 1.54) is 116 Å². The Bertz CT molecular complexity index is 3490. The lowest BCUT2D eigenvalue weighted by molar-refractivity contribution is 0.881. The third-order valence-corrected chi connectivity index (χ3v) is 13.2. The first-order valence-corrected chi connectivity index (χ1v) is 20.2. The summed E-state index contributed by atoms with van der Waals surface area (Å²) >= 11 is 0. The molecule has 0 fully saturated rings. The van der Waals surface area contributed by atoms with Crippen molar-refractivity contribution in [2.45, 2.75) is 5.92 Å². The van der Waals surface area contributed by atoms with Crippen LogP contribution >= 0.6 is 0 Å². The van der Waals surface area contributed by atoms with Crippen molar-refractivity contribution in [1.29, 1.82) is 0 Å². The zero-order valence-electron chi connectivity index (χ0n) is 31.4. The maximum Gasteiger partial charge on any atom is 0.0582 e. The van der Waals surface area contributed by atoms with Gasteiger partial charge in [0, 0.05) is 43.8 Å². The van der Waals surface area contributed by atoms with Gasteiger partial charge in [-0.3, -0.25) is 0 Å². The van der Waals surface area contributed by atoms with E-state index in [1.54, 1.807) is 0 Å². The average Bonchev–Trinajstić information content (AvgIpc) is 3.93. The number of hydrogen-bond donors (Lipinski definition) is 0. The van der Waals surface area contributed by atoms with Crippen molar-refractivity contribution in [1.82, 2.24) is 13.7 Å². The first-order valence-electron chi connectivity index (χ1n) is 20.2. The van der Waals surface area contributed by atoms with Crippen molar-refractivity contribution >= 4 is 65.4 Å². The van der Waals surface area contributed by atoms with Crippen LogP contribution in [0.15, 0.2) is 194 Å². The molecule has 0 bridgehead atoms. The van der Waals surface area contributed by atoms with Crippen LogP contribution in [0.3, 0.4) is 0 Å². The first-order chi connectivity index (χ1) is 28.8. The molecular formula is C55H33N3. The smallest absolute Gasteiger partial charge is 0.0582 e. The van der Waals surface area contributed by atoms with Crippen LogP contribution in [0.25, 0.3) is 105 Å². The molecule has 3 nitrogen and oxygen atoms in total. The predicted octanol–water partition coefficient (Wildman–Crippen LogP) is 14.1. The molecule has 2 aliphatic heterocycles. The Morgan fingerprint density at radius 1 is 0.293 bits per heavy atom. The molecular weight excluding hydrogens is 703 g/mol. The molecule has 3 heteroatoms. The van der Waals surface area contributed by atoms with Crippen LogP contribution in [0, 0.1) is 0 Å². The standard InChI is InChI=1S/C55H33N3/c1-3-13-33(14-4-1)35-25-27-48-44(29-35)45-30-36(34-15-5-2-6-16-34)26-28-49(45)56(48)37-31-50-53-51(32-37)58-47-24-10-8-18-39(47)41-20-12-22-43(55(41)58)52(53)42-21-11-19-40-38-17-7-9-23-46(38)57(50)54(40)42/h1-32,52H. The molecule has 5 heterocycles. The number of hydrogen-bond acceptors (Lipinski definition) is 0. The summed E-state index contributed by atoms with van der Waals surface area (Å²) in [6, 6.07) is 72.4. The number of nitrogens with zero attached hydrogens (tertiary/aromatic N) is 3. The second-order valence-corrected chi connectivity index (χ2v) is 16.1. The van der Waals surface area contributed by atoms with E-state index in [0.717, 1.165) is 5.69 Å². The van der Waals surface area contributed by atoms with E-state index >= 15 is 0 Å². The fourth-order valence-corrected chi connectivity index (χ4v) is 10.9. The monoisotopic (exact) mass is 735 g/mol. The number of rotatable bonds is 3. The van der Waals surface area contributed by atoms with Crippen molar-refractivity contribution in [3.8, 4) is 39.3 Å². The molecule has 0 amide bonds. The summed E-state index contributed by atoms with van der Waals surface area (Å²) in [6.07, 6.45) is 0. The Labute approximate surface area is 333 Å². The van der Waals surface area contributed by atoms with Gasteiger partial charge in [-0.2, -0.15) is 0 Å². The van der Waals surface area contributed by atoms with Gasteiger partial charge in [0.15, 0.2) is 0 Å². The van der Waals surface area contributed by atoms with Gasteiger partial charge in [0.1, 0.15) is 0 Å². The molecule has 14 rings (SSSR count). The van der Waals surface area contributed by atoms with Gasteiger partial charge in [-0.25, -0.2) is 0 Å². The van der Waals surface area contributed by atoms with Crippen LogP contribution in [0.1, 0.15) is 22.6 Å². The SMILES string of the molecule is c1ccc(-c2ccc3c(c2)c2cc(-c4ccccc4)ccc2n3-c2cc3c4c(c2)-n2c5ccccc5c5cccc(c52)C4c2cccc4c5ccccc5n-3c24)cc1. The van der Waals surface area contributed by atoms with Crippen LogP contribution in [-0.4, -0.2) is 13.7 Å². The van der Waals surface area contributed by atoms with Crippen LogP contribution in [0.5, 0.6) is 0 Å². The highest BCUT2D eigenvalue weighted by molar-refractivity contribution is 6.16. The van der Waals surface area contributed by atoms with E-state index in [9.17, 15) is 0 Å². The highest BCUT2D eigenvalue weighted by Gasteiger charge is 2.38. The molecule has 0 N–H and O–H groups in total. The van der Waals surface area contributed by atoms with E-state index in [4.69, 9.17) is 0 Å². The Morgan fingerprint density at radius 3 is 1.22 bits per heavy atom. The molecule has 12 aromatic rings. The second-order valence-electron chi connectivity index (χ2n) is 16.1. The van der Waals surface area contributed by atoms with Gasteiger partial charge in [-0.1, -0.05) is 146 Å². The third kappa shape index (κ3) is 3.83. The quantitative estimate of drug-likeness (QED) is 0.172.